The number of pyridine rings is 1. The maximum atomic E-state index is 11.8. The van der Waals surface area contributed by atoms with Gasteiger partial charge in [-0.3, -0.25) is 14.5 Å². The van der Waals surface area contributed by atoms with E-state index in [9.17, 15) is 4.79 Å². The number of nitrogens with zero attached hydrogens (tertiary/aromatic N) is 7. The van der Waals surface area contributed by atoms with Crippen LogP contribution in [0.15, 0.2) is 58.1 Å². The van der Waals surface area contributed by atoms with Crippen LogP contribution < -0.4 is 10.7 Å². The number of imidazole rings is 1. The van der Waals surface area contributed by atoms with Crippen LogP contribution in [0.3, 0.4) is 0 Å². The zero-order chi connectivity index (χ0) is 28.8. The molecule has 0 amide bonds. The topological polar surface area (TPSA) is 128 Å². The molecular weight excluding hydrogens is 532 g/mol. The van der Waals surface area contributed by atoms with Gasteiger partial charge in [0.05, 0.1) is 25.3 Å². The fourth-order valence-corrected chi connectivity index (χ4v) is 6.75. The van der Waals surface area contributed by atoms with Crippen molar-refractivity contribution in [1.82, 2.24) is 34.6 Å². The third-order valence-corrected chi connectivity index (χ3v) is 8.70. The third-order valence-electron chi connectivity index (χ3n) is 8.70. The van der Waals surface area contributed by atoms with Crippen LogP contribution in [0.1, 0.15) is 49.8 Å². The van der Waals surface area contributed by atoms with Gasteiger partial charge in [0, 0.05) is 25.0 Å². The molecule has 1 aliphatic heterocycles. The lowest BCUT2D eigenvalue weighted by Crippen LogP contribution is -2.53. The lowest BCUT2D eigenvalue weighted by atomic mass is 9.77. The average molecular weight is 567 g/mol. The van der Waals surface area contributed by atoms with E-state index in [2.05, 4.69) is 55.8 Å². The Morgan fingerprint density at radius 1 is 1.05 bits per heavy atom. The van der Waals surface area contributed by atoms with E-state index in [0.29, 0.717) is 36.4 Å². The summed E-state index contributed by atoms with van der Waals surface area (Å²) in [6.07, 6.45) is 8.42. The first kappa shape index (κ1) is 26.5. The SMILES string of the molecule is Cc1cncc(-c2nc(-c3noc(=O)[nH]3)nc3nc(N4C(c5ccccc5)COCC4C4CCCC(C)C4)n(C)c23)c1. The summed E-state index contributed by atoms with van der Waals surface area (Å²) in [5, 5.41) is 3.85. The van der Waals surface area contributed by atoms with Gasteiger partial charge in [-0.25, -0.2) is 14.8 Å². The van der Waals surface area contributed by atoms with Crippen molar-refractivity contribution in [3.8, 4) is 22.9 Å². The Labute approximate surface area is 243 Å². The molecule has 2 aliphatic rings. The number of ether oxygens (including phenoxy) is 1. The summed E-state index contributed by atoms with van der Waals surface area (Å²) in [4.78, 5) is 36.1. The molecule has 0 bridgehead atoms. The first-order valence-corrected chi connectivity index (χ1v) is 14.6. The lowest BCUT2D eigenvalue weighted by molar-refractivity contribution is 0.0371. The minimum atomic E-state index is -0.669. The quantitative estimate of drug-likeness (QED) is 0.317. The number of aromatic amines is 1. The molecule has 5 aromatic rings. The number of H-pyrrole nitrogens is 1. The van der Waals surface area contributed by atoms with Crippen LogP contribution in [0.2, 0.25) is 0 Å². The van der Waals surface area contributed by atoms with E-state index in [1.54, 1.807) is 12.4 Å². The molecule has 4 unspecified atom stereocenters. The fourth-order valence-electron chi connectivity index (χ4n) is 6.75. The second-order valence-corrected chi connectivity index (χ2v) is 11.7. The van der Waals surface area contributed by atoms with Crippen LogP contribution in [-0.2, 0) is 11.8 Å². The van der Waals surface area contributed by atoms with Crippen LogP contribution in [-0.4, -0.2) is 53.9 Å². The summed E-state index contributed by atoms with van der Waals surface area (Å²) in [6.45, 7) is 5.57. The number of fused-ring (bicyclic) bond motifs is 1. The highest BCUT2D eigenvalue weighted by Crippen LogP contribution is 2.42. The van der Waals surface area contributed by atoms with Gasteiger partial charge in [0.1, 0.15) is 11.2 Å². The number of aryl methyl sites for hydroxylation is 2. The molecule has 1 saturated heterocycles. The van der Waals surface area contributed by atoms with Gasteiger partial charge in [-0.1, -0.05) is 55.3 Å². The van der Waals surface area contributed by atoms with E-state index in [-0.39, 0.29) is 23.7 Å². The van der Waals surface area contributed by atoms with Gasteiger partial charge in [0.2, 0.25) is 17.6 Å². The van der Waals surface area contributed by atoms with E-state index in [1.165, 1.54) is 31.2 Å². The summed E-state index contributed by atoms with van der Waals surface area (Å²) in [7, 11) is 2.02. The molecule has 1 saturated carbocycles. The minimum absolute atomic E-state index is 0.0129. The fraction of sp³-hybridized carbons (Fsp3) is 0.419. The standard InChI is InChI=1S/C31H34N8O3/c1-18-8-7-11-21(12-18)24-17-41-16-23(20-9-5-4-6-10-20)39(24)30-35-27-26(38(30)3)25(22-13-19(2)14-32-15-22)33-28(34-27)29-36-31(40)42-37-29/h4-6,9-10,13-15,18,21,23-24H,7-8,11-12,16-17H2,1-3H3,(H,36,37,40). The van der Waals surface area contributed by atoms with Crippen LogP contribution in [0, 0.1) is 18.8 Å². The zero-order valence-corrected chi connectivity index (χ0v) is 24.0. The van der Waals surface area contributed by atoms with E-state index < -0.39 is 5.76 Å². The Hall–Kier alpha value is -4.38. The molecule has 0 radical (unpaired) electrons. The molecule has 5 heterocycles. The van der Waals surface area contributed by atoms with Gasteiger partial charge in [0.25, 0.3) is 0 Å². The Kier molecular flexibility index (Phi) is 6.81. The molecule has 216 valence electrons. The smallest absolute Gasteiger partial charge is 0.377 e. The van der Waals surface area contributed by atoms with Crippen LogP contribution in [0.25, 0.3) is 34.1 Å². The third kappa shape index (κ3) is 4.77. The number of hydrogen-bond acceptors (Lipinski definition) is 9. The molecule has 11 heteroatoms. The Morgan fingerprint density at radius 3 is 2.67 bits per heavy atom. The van der Waals surface area contributed by atoms with E-state index >= 15 is 0 Å². The number of benzene rings is 1. The van der Waals surface area contributed by atoms with E-state index in [1.807, 2.05) is 26.1 Å². The normalized spacial score (nSPS) is 23.0. The molecule has 0 spiro atoms. The molecule has 1 aliphatic carbocycles. The summed E-state index contributed by atoms with van der Waals surface area (Å²) >= 11 is 0. The molecule has 42 heavy (non-hydrogen) atoms. The number of anilines is 1. The highest BCUT2D eigenvalue weighted by molar-refractivity contribution is 5.90. The molecule has 4 atom stereocenters. The number of hydrogen-bond donors (Lipinski definition) is 1. The maximum absolute atomic E-state index is 11.8. The van der Waals surface area contributed by atoms with E-state index in [4.69, 9.17) is 24.2 Å². The Balaban J connectivity index is 1.44. The summed E-state index contributed by atoms with van der Waals surface area (Å²) in [6, 6.07) is 12.7. The second kappa shape index (κ2) is 10.8. The molecule has 11 nitrogen and oxygen atoms in total. The van der Waals surface area contributed by atoms with Crippen molar-refractivity contribution < 1.29 is 9.26 Å². The van der Waals surface area contributed by atoms with Crippen molar-refractivity contribution in [3.63, 3.8) is 0 Å². The molecule has 1 N–H and O–H groups in total. The van der Waals surface area contributed by atoms with Gasteiger partial charge in [-0.05, 0) is 48.8 Å². The molecular formula is C31H34N8O3. The molecule has 2 fully saturated rings. The largest absolute Gasteiger partial charge is 0.439 e. The predicted octanol–water partition coefficient (Wildman–Crippen LogP) is 4.85. The van der Waals surface area contributed by atoms with Crippen molar-refractivity contribution in [2.45, 2.75) is 51.6 Å². The van der Waals surface area contributed by atoms with Crippen molar-refractivity contribution in [2.24, 2.45) is 18.9 Å². The zero-order valence-electron chi connectivity index (χ0n) is 24.0. The highest BCUT2D eigenvalue weighted by Gasteiger charge is 2.41. The molecule has 7 rings (SSSR count). The first-order valence-electron chi connectivity index (χ1n) is 14.6. The van der Waals surface area contributed by atoms with Crippen LogP contribution in [0.5, 0.6) is 0 Å². The van der Waals surface area contributed by atoms with Gasteiger partial charge in [-0.2, -0.15) is 4.98 Å². The highest BCUT2D eigenvalue weighted by atomic mass is 16.5. The second-order valence-electron chi connectivity index (χ2n) is 11.7. The number of rotatable bonds is 5. The lowest BCUT2D eigenvalue weighted by Gasteiger charge is -2.47. The predicted molar refractivity (Wildman–Crippen MR) is 158 cm³/mol. The van der Waals surface area contributed by atoms with Crippen molar-refractivity contribution in [1.29, 1.82) is 0 Å². The molecule has 4 aromatic heterocycles. The van der Waals surface area contributed by atoms with Crippen molar-refractivity contribution in [2.75, 3.05) is 18.1 Å². The van der Waals surface area contributed by atoms with Crippen LogP contribution in [0.4, 0.5) is 5.95 Å². The van der Waals surface area contributed by atoms with Crippen LogP contribution >= 0.6 is 0 Å². The van der Waals surface area contributed by atoms with Gasteiger partial charge < -0.3 is 14.2 Å². The summed E-state index contributed by atoms with van der Waals surface area (Å²) < 4.78 is 13.2. The van der Waals surface area contributed by atoms with Crippen molar-refractivity contribution >= 4 is 17.1 Å². The first-order chi connectivity index (χ1) is 20.5. The van der Waals surface area contributed by atoms with Gasteiger partial charge in [0.15, 0.2) is 5.65 Å². The maximum Gasteiger partial charge on any atom is 0.439 e. The number of nitrogens with one attached hydrogen (secondary N) is 1. The average Bonchev–Trinajstić information content (AvgIpc) is 3.59. The van der Waals surface area contributed by atoms with E-state index in [0.717, 1.165) is 22.6 Å². The Morgan fingerprint density at radius 2 is 1.90 bits per heavy atom. The summed E-state index contributed by atoms with van der Waals surface area (Å²) in [5.41, 5.74) is 4.95. The van der Waals surface area contributed by atoms with Crippen molar-refractivity contribution in [3.05, 3.63) is 70.5 Å². The Bertz CT molecular complexity index is 1780. The molecule has 1 aromatic carbocycles. The number of aromatic nitrogens is 7. The van der Waals surface area contributed by atoms with Gasteiger partial charge in [-0.15, -0.1) is 0 Å². The van der Waals surface area contributed by atoms with Gasteiger partial charge >= 0.3 is 5.76 Å². The minimum Gasteiger partial charge on any atom is -0.377 e. The summed E-state index contributed by atoms with van der Waals surface area (Å²) in [5.74, 6) is 1.70. The number of morpholine rings is 1. The monoisotopic (exact) mass is 566 g/mol.